The minimum absolute atomic E-state index is 0.00780. The Morgan fingerprint density at radius 1 is 1.20 bits per heavy atom. The first-order valence-electron chi connectivity index (χ1n) is 8.84. The molecule has 128 valence electrons. The molecule has 25 heavy (non-hydrogen) atoms. The van der Waals surface area contributed by atoms with Crippen molar-refractivity contribution in [2.45, 2.75) is 32.3 Å². The van der Waals surface area contributed by atoms with Crippen LogP contribution in [0.3, 0.4) is 0 Å². The van der Waals surface area contributed by atoms with Crippen molar-refractivity contribution in [3.05, 3.63) is 30.6 Å². The molecule has 2 fully saturated rings. The second-order valence-electron chi connectivity index (χ2n) is 7.60. The summed E-state index contributed by atoms with van der Waals surface area (Å²) in [4.78, 5) is 11.1. The Balaban J connectivity index is 1.51. The summed E-state index contributed by atoms with van der Waals surface area (Å²) in [6.07, 6.45) is 3.86. The lowest BCUT2D eigenvalue weighted by atomic mass is 10.0. The average molecular weight is 335 g/mol. The van der Waals surface area contributed by atoms with E-state index in [0.717, 1.165) is 65.7 Å². The van der Waals surface area contributed by atoms with Gasteiger partial charge in [-0.3, -0.25) is 5.10 Å². The topological polar surface area (TPSA) is 66.9 Å². The minimum Gasteiger partial charge on any atom is -0.488 e. The molecule has 0 atom stereocenters. The van der Waals surface area contributed by atoms with Crippen LogP contribution in [-0.4, -0.2) is 38.9 Å². The zero-order chi connectivity index (χ0) is 17.0. The fourth-order valence-corrected chi connectivity index (χ4v) is 3.35. The second-order valence-corrected chi connectivity index (χ2v) is 7.60. The van der Waals surface area contributed by atoms with Gasteiger partial charge >= 0.3 is 0 Å². The highest BCUT2D eigenvalue weighted by Gasteiger charge is 2.40. The average Bonchev–Trinajstić information content (AvgIpc) is 3.16. The Hall–Kier alpha value is -2.63. The van der Waals surface area contributed by atoms with Gasteiger partial charge in [-0.15, -0.1) is 0 Å². The number of nitrogens with one attached hydrogen (secondary N) is 1. The summed E-state index contributed by atoms with van der Waals surface area (Å²) in [7, 11) is 0. The molecule has 1 aromatic carbocycles. The molecule has 0 radical (unpaired) electrons. The number of ether oxygens (including phenoxy) is 1. The monoisotopic (exact) mass is 335 g/mol. The quantitative estimate of drug-likeness (QED) is 0.791. The zero-order valence-electron chi connectivity index (χ0n) is 14.5. The lowest BCUT2D eigenvalue weighted by Gasteiger charge is -2.38. The Bertz CT molecular complexity index is 940. The van der Waals surface area contributed by atoms with Gasteiger partial charge in [0.2, 0.25) is 0 Å². The van der Waals surface area contributed by atoms with Gasteiger partial charge in [0, 0.05) is 24.5 Å². The fourth-order valence-electron chi connectivity index (χ4n) is 3.35. The van der Waals surface area contributed by atoms with Crippen LogP contribution in [0.5, 0.6) is 5.75 Å². The molecule has 0 unspecified atom stereocenters. The summed E-state index contributed by atoms with van der Waals surface area (Å²) in [6, 6.07) is 8.11. The van der Waals surface area contributed by atoms with E-state index in [9.17, 15) is 0 Å². The molecule has 2 aromatic heterocycles. The standard InChI is InChI=1S/C19H21N5O/c1-12-9-24(10-12)17-8-16(20-11-21-17)18-14-7-13(25-19(2)5-6-19)3-4-15(14)22-23-18/h3-4,7-8,11-12H,5-6,9-10H2,1-2H3,(H,22,23). The van der Waals surface area contributed by atoms with Crippen LogP contribution in [0.15, 0.2) is 30.6 Å². The number of nitrogens with zero attached hydrogens (tertiary/aromatic N) is 4. The first kappa shape index (κ1) is 14.7. The van der Waals surface area contributed by atoms with Gasteiger partial charge in [-0.25, -0.2) is 9.97 Å². The van der Waals surface area contributed by atoms with Crippen LogP contribution in [0.1, 0.15) is 26.7 Å². The predicted molar refractivity (Wildman–Crippen MR) is 96.8 cm³/mol. The highest BCUT2D eigenvalue weighted by Crippen LogP contribution is 2.40. The van der Waals surface area contributed by atoms with Crippen molar-refractivity contribution in [1.82, 2.24) is 20.2 Å². The molecule has 0 amide bonds. The van der Waals surface area contributed by atoms with Crippen LogP contribution in [-0.2, 0) is 0 Å². The van der Waals surface area contributed by atoms with Crippen LogP contribution in [0.25, 0.3) is 22.3 Å². The first-order chi connectivity index (χ1) is 12.1. The third-order valence-electron chi connectivity index (χ3n) is 5.14. The second kappa shape index (κ2) is 5.18. The maximum absolute atomic E-state index is 6.10. The van der Waals surface area contributed by atoms with Crippen molar-refractivity contribution in [3.63, 3.8) is 0 Å². The molecule has 2 aliphatic rings. The van der Waals surface area contributed by atoms with Gasteiger partial charge in [-0.2, -0.15) is 5.10 Å². The normalized spacial score (nSPS) is 19.0. The minimum atomic E-state index is 0.00780. The molecule has 1 aliphatic heterocycles. The molecule has 1 saturated heterocycles. The molecule has 6 heteroatoms. The van der Waals surface area contributed by atoms with E-state index in [1.54, 1.807) is 6.33 Å². The van der Waals surface area contributed by atoms with E-state index >= 15 is 0 Å². The van der Waals surface area contributed by atoms with Gasteiger partial charge in [0.15, 0.2) is 0 Å². The number of hydrogen-bond acceptors (Lipinski definition) is 5. The molecule has 6 nitrogen and oxygen atoms in total. The van der Waals surface area contributed by atoms with Crippen LogP contribution >= 0.6 is 0 Å². The van der Waals surface area contributed by atoms with Crippen LogP contribution in [0.2, 0.25) is 0 Å². The molecular weight excluding hydrogens is 314 g/mol. The third-order valence-corrected chi connectivity index (χ3v) is 5.14. The van der Waals surface area contributed by atoms with E-state index in [1.165, 1.54) is 0 Å². The Morgan fingerprint density at radius 3 is 2.80 bits per heavy atom. The summed E-state index contributed by atoms with van der Waals surface area (Å²) < 4.78 is 6.10. The van der Waals surface area contributed by atoms with E-state index in [2.05, 4.69) is 45.0 Å². The number of aromatic amines is 1. The van der Waals surface area contributed by atoms with Crippen molar-refractivity contribution in [2.24, 2.45) is 5.92 Å². The Kier molecular flexibility index (Phi) is 3.04. The highest BCUT2D eigenvalue weighted by atomic mass is 16.5. The fraction of sp³-hybridized carbons (Fsp3) is 0.421. The molecule has 1 saturated carbocycles. The lowest BCUT2D eigenvalue weighted by molar-refractivity contribution is 0.200. The van der Waals surface area contributed by atoms with Crippen molar-refractivity contribution in [3.8, 4) is 17.1 Å². The summed E-state index contributed by atoms with van der Waals surface area (Å²) in [5.74, 6) is 2.59. The lowest BCUT2D eigenvalue weighted by Crippen LogP contribution is -2.45. The van der Waals surface area contributed by atoms with Crippen molar-refractivity contribution in [1.29, 1.82) is 0 Å². The van der Waals surface area contributed by atoms with Crippen LogP contribution in [0, 0.1) is 5.92 Å². The van der Waals surface area contributed by atoms with Crippen molar-refractivity contribution in [2.75, 3.05) is 18.0 Å². The van der Waals surface area contributed by atoms with E-state index in [4.69, 9.17) is 4.74 Å². The Morgan fingerprint density at radius 2 is 2.04 bits per heavy atom. The molecular formula is C19H21N5O. The number of fused-ring (bicyclic) bond motifs is 1. The van der Waals surface area contributed by atoms with Gasteiger partial charge < -0.3 is 9.64 Å². The number of benzene rings is 1. The maximum Gasteiger partial charge on any atom is 0.132 e. The molecule has 5 rings (SSSR count). The van der Waals surface area contributed by atoms with E-state index in [-0.39, 0.29) is 5.60 Å². The molecule has 3 aromatic rings. The van der Waals surface area contributed by atoms with Gasteiger partial charge in [-0.1, -0.05) is 6.92 Å². The van der Waals surface area contributed by atoms with E-state index < -0.39 is 0 Å². The van der Waals surface area contributed by atoms with Gasteiger partial charge in [0.05, 0.1) is 11.2 Å². The van der Waals surface area contributed by atoms with E-state index in [0.29, 0.717) is 0 Å². The highest BCUT2D eigenvalue weighted by molar-refractivity contribution is 5.93. The number of anilines is 1. The summed E-state index contributed by atoms with van der Waals surface area (Å²) in [5, 5.41) is 8.62. The molecule has 1 aliphatic carbocycles. The van der Waals surface area contributed by atoms with Gasteiger partial charge in [-0.05, 0) is 43.9 Å². The van der Waals surface area contributed by atoms with Crippen molar-refractivity contribution >= 4 is 16.7 Å². The number of aromatic nitrogens is 4. The predicted octanol–water partition coefficient (Wildman–Crippen LogP) is 3.41. The summed E-state index contributed by atoms with van der Waals surface area (Å²) >= 11 is 0. The smallest absolute Gasteiger partial charge is 0.132 e. The maximum atomic E-state index is 6.10. The van der Waals surface area contributed by atoms with E-state index in [1.807, 2.05) is 18.2 Å². The first-order valence-corrected chi connectivity index (χ1v) is 8.84. The van der Waals surface area contributed by atoms with Gasteiger partial charge in [0.25, 0.3) is 0 Å². The Labute approximate surface area is 146 Å². The zero-order valence-corrected chi connectivity index (χ0v) is 14.5. The molecule has 1 N–H and O–H groups in total. The number of H-pyrrole nitrogens is 1. The molecule has 3 heterocycles. The van der Waals surface area contributed by atoms with Crippen LogP contribution < -0.4 is 9.64 Å². The summed E-state index contributed by atoms with van der Waals surface area (Å²) in [5.41, 5.74) is 2.68. The molecule has 0 bridgehead atoms. The van der Waals surface area contributed by atoms with Crippen LogP contribution in [0.4, 0.5) is 5.82 Å². The summed E-state index contributed by atoms with van der Waals surface area (Å²) in [6.45, 7) is 6.50. The number of hydrogen-bond donors (Lipinski definition) is 1. The molecule has 0 spiro atoms. The SMILES string of the molecule is CC1CN(c2cc(-c3n[nH]c4ccc(OC5(C)CC5)cc34)ncn2)C1. The third kappa shape index (κ3) is 2.62. The largest absolute Gasteiger partial charge is 0.488 e. The van der Waals surface area contributed by atoms with Gasteiger partial charge in [0.1, 0.15) is 29.2 Å². The number of rotatable bonds is 4. The van der Waals surface area contributed by atoms with Crippen molar-refractivity contribution < 1.29 is 4.74 Å².